The average Bonchev–Trinajstić information content (AvgIpc) is 3.20. The summed E-state index contributed by atoms with van der Waals surface area (Å²) in [7, 11) is 0. The number of pyridine rings is 1. The van der Waals surface area contributed by atoms with E-state index >= 15 is 0 Å². The van der Waals surface area contributed by atoms with Gasteiger partial charge in [-0.15, -0.1) is 5.10 Å². The van der Waals surface area contributed by atoms with Gasteiger partial charge in [-0.2, -0.15) is 0 Å². The van der Waals surface area contributed by atoms with E-state index in [1.165, 1.54) is 6.33 Å². The third-order valence-electron chi connectivity index (χ3n) is 3.24. The van der Waals surface area contributed by atoms with Crippen LogP contribution in [0.1, 0.15) is 21.9 Å². The first-order valence-corrected chi connectivity index (χ1v) is 6.70. The molecule has 110 valence electrons. The zero-order chi connectivity index (χ0) is 15.4. The number of H-pyrrole nitrogens is 1. The molecule has 3 aromatic rings. The largest absolute Gasteiger partial charge is 0.347 e. The van der Waals surface area contributed by atoms with Crippen LogP contribution in [-0.4, -0.2) is 36.3 Å². The first-order chi connectivity index (χ1) is 10.7. The van der Waals surface area contributed by atoms with Crippen LogP contribution in [0.15, 0.2) is 49.2 Å². The predicted molar refractivity (Wildman–Crippen MR) is 77.2 cm³/mol. The van der Waals surface area contributed by atoms with Gasteiger partial charge >= 0.3 is 0 Å². The van der Waals surface area contributed by atoms with E-state index in [9.17, 15) is 9.59 Å². The Balaban J connectivity index is 1.72. The highest BCUT2D eigenvalue weighted by molar-refractivity contribution is 6.43. The molecule has 0 saturated heterocycles. The molecule has 22 heavy (non-hydrogen) atoms. The summed E-state index contributed by atoms with van der Waals surface area (Å²) in [5.41, 5.74) is 1.84. The van der Waals surface area contributed by atoms with Crippen molar-refractivity contribution in [1.29, 1.82) is 0 Å². The molecule has 0 bridgehead atoms. The predicted octanol–water partition coefficient (Wildman–Crippen LogP) is 1.04. The Morgan fingerprint density at radius 1 is 1.18 bits per heavy atom. The molecule has 0 fully saturated rings. The average molecular weight is 295 g/mol. The van der Waals surface area contributed by atoms with E-state index in [0.717, 1.165) is 11.3 Å². The summed E-state index contributed by atoms with van der Waals surface area (Å²) >= 11 is 0. The van der Waals surface area contributed by atoms with E-state index in [1.54, 1.807) is 12.4 Å². The van der Waals surface area contributed by atoms with E-state index in [1.807, 2.05) is 35.0 Å². The lowest BCUT2D eigenvalue weighted by atomic mass is 10.1. The summed E-state index contributed by atoms with van der Waals surface area (Å²) in [5, 5.41) is 6.06. The number of nitrogens with zero attached hydrogens (tertiary/aromatic N) is 4. The second kappa shape index (κ2) is 6.13. The van der Waals surface area contributed by atoms with Gasteiger partial charge in [-0.3, -0.25) is 19.7 Å². The van der Waals surface area contributed by atoms with Gasteiger partial charge in [-0.1, -0.05) is 0 Å². The van der Waals surface area contributed by atoms with Crippen molar-refractivity contribution in [3.63, 3.8) is 0 Å². The first-order valence-electron chi connectivity index (χ1n) is 6.70. The van der Waals surface area contributed by atoms with Gasteiger partial charge in [0.2, 0.25) is 11.6 Å². The Bertz CT molecular complexity index is 777. The Kier molecular flexibility index (Phi) is 3.86. The second-order valence-electron chi connectivity index (χ2n) is 4.73. The highest BCUT2D eigenvalue weighted by Crippen LogP contribution is 2.09. The molecular formula is C15H13N5O2. The summed E-state index contributed by atoms with van der Waals surface area (Å²) < 4.78 is 1.93. The molecule has 3 aromatic heterocycles. The topological polar surface area (TPSA) is 93.5 Å². The summed E-state index contributed by atoms with van der Waals surface area (Å²) in [6.07, 6.45) is 6.60. The van der Waals surface area contributed by atoms with Crippen LogP contribution in [0, 0.1) is 0 Å². The molecule has 0 spiro atoms. The normalized spacial score (nSPS) is 10.5. The Labute approximate surface area is 126 Å². The molecule has 3 rings (SSSR count). The van der Waals surface area contributed by atoms with Gasteiger partial charge < -0.3 is 4.57 Å². The zero-order valence-corrected chi connectivity index (χ0v) is 11.6. The van der Waals surface area contributed by atoms with Crippen molar-refractivity contribution in [2.24, 2.45) is 0 Å². The highest BCUT2D eigenvalue weighted by Gasteiger charge is 2.21. The molecule has 0 aliphatic carbocycles. The number of aromatic amines is 1. The van der Waals surface area contributed by atoms with Gasteiger partial charge in [0.25, 0.3) is 5.78 Å². The standard InChI is InChI=1S/C15H13N5O2/c21-13(14(22)15-17-10-18-19-15)8-12-2-1-7-20(12)9-11-3-5-16-6-4-11/h1-7,10H,8-9H2,(H,17,18,19). The van der Waals surface area contributed by atoms with E-state index in [4.69, 9.17) is 0 Å². The van der Waals surface area contributed by atoms with E-state index < -0.39 is 11.6 Å². The van der Waals surface area contributed by atoms with Crippen molar-refractivity contribution >= 4 is 11.6 Å². The van der Waals surface area contributed by atoms with Crippen molar-refractivity contribution in [2.45, 2.75) is 13.0 Å². The fourth-order valence-corrected chi connectivity index (χ4v) is 2.14. The number of carbonyl (C=O) groups excluding carboxylic acids is 2. The van der Waals surface area contributed by atoms with Crippen LogP contribution in [-0.2, 0) is 17.8 Å². The summed E-state index contributed by atoms with van der Waals surface area (Å²) in [4.78, 5) is 31.6. The summed E-state index contributed by atoms with van der Waals surface area (Å²) in [6.45, 7) is 0.618. The van der Waals surface area contributed by atoms with E-state index in [2.05, 4.69) is 20.2 Å². The lowest BCUT2D eigenvalue weighted by Gasteiger charge is -2.08. The van der Waals surface area contributed by atoms with Crippen LogP contribution in [0.4, 0.5) is 0 Å². The number of aromatic nitrogens is 5. The molecule has 0 atom stereocenters. The molecule has 0 radical (unpaired) electrons. The van der Waals surface area contributed by atoms with Gasteiger partial charge in [0.15, 0.2) is 0 Å². The van der Waals surface area contributed by atoms with Crippen LogP contribution in [0.2, 0.25) is 0 Å². The number of Topliss-reactive ketones (excluding diaryl/α,β-unsaturated/α-hetero) is 2. The highest BCUT2D eigenvalue weighted by atomic mass is 16.2. The zero-order valence-electron chi connectivity index (χ0n) is 11.6. The van der Waals surface area contributed by atoms with Gasteiger partial charge in [-0.05, 0) is 29.8 Å². The van der Waals surface area contributed by atoms with Crippen molar-refractivity contribution in [2.75, 3.05) is 0 Å². The maximum Gasteiger partial charge on any atom is 0.267 e. The molecule has 0 saturated carbocycles. The van der Waals surface area contributed by atoms with Crippen molar-refractivity contribution in [3.05, 3.63) is 66.3 Å². The molecule has 7 nitrogen and oxygen atoms in total. The van der Waals surface area contributed by atoms with Crippen LogP contribution < -0.4 is 0 Å². The molecule has 0 aliphatic rings. The van der Waals surface area contributed by atoms with Crippen molar-refractivity contribution in [3.8, 4) is 0 Å². The number of ketones is 2. The Morgan fingerprint density at radius 2 is 2.00 bits per heavy atom. The number of rotatable bonds is 6. The van der Waals surface area contributed by atoms with Crippen LogP contribution >= 0.6 is 0 Å². The molecule has 7 heteroatoms. The molecular weight excluding hydrogens is 282 g/mol. The maximum absolute atomic E-state index is 12.0. The lowest BCUT2D eigenvalue weighted by Crippen LogP contribution is -2.20. The van der Waals surface area contributed by atoms with Crippen LogP contribution in [0.3, 0.4) is 0 Å². The van der Waals surface area contributed by atoms with E-state index in [-0.39, 0.29) is 12.2 Å². The quantitative estimate of drug-likeness (QED) is 0.542. The number of nitrogens with one attached hydrogen (secondary N) is 1. The maximum atomic E-state index is 12.0. The third kappa shape index (κ3) is 2.98. The monoisotopic (exact) mass is 295 g/mol. The smallest absolute Gasteiger partial charge is 0.267 e. The van der Waals surface area contributed by atoms with Crippen LogP contribution in [0.25, 0.3) is 0 Å². The first kappa shape index (κ1) is 13.9. The number of carbonyl (C=O) groups is 2. The SMILES string of the molecule is O=C(Cc1cccn1Cc1ccncc1)C(=O)c1nc[nH]n1. The number of hydrogen-bond acceptors (Lipinski definition) is 5. The second-order valence-corrected chi connectivity index (χ2v) is 4.73. The molecule has 0 aliphatic heterocycles. The van der Waals surface area contributed by atoms with Gasteiger partial charge in [-0.25, -0.2) is 4.98 Å². The van der Waals surface area contributed by atoms with Crippen LogP contribution in [0.5, 0.6) is 0 Å². The molecule has 0 unspecified atom stereocenters. The molecule has 0 aromatic carbocycles. The molecule has 0 amide bonds. The fraction of sp³-hybridized carbons (Fsp3) is 0.133. The molecule has 1 N–H and O–H groups in total. The summed E-state index contributed by atoms with van der Waals surface area (Å²) in [5.74, 6) is -1.32. The van der Waals surface area contributed by atoms with Crippen molar-refractivity contribution in [1.82, 2.24) is 24.7 Å². The summed E-state index contributed by atoms with van der Waals surface area (Å²) in [6, 6.07) is 7.49. The Morgan fingerprint density at radius 3 is 2.73 bits per heavy atom. The van der Waals surface area contributed by atoms with E-state index in [0.29, 0.717) is 6.54 Å². The molecule has 3 heterocycles. The minimum atomic E-state index is -0.682. The van der Waals surface area contributed by atoms with Gasteiger partial charge in [0.05, 0.1) is 6.42 Å². The fourth-order valence-electron chi connectivity index (χ4n) is 2.14. The lowest BCUT2D eigenvalue weighted by molar-refractivity contribution is -0.114. The van der Waals surface area contributed by atoms with Gasteiger partial charge in [0, 0.05) is 30.8 Å². The minimum absolute atomic E-state index is 0.0193. The van der Waals surface area contributed by atoms with Crippen molar-refractivity contribution < 1.29 is 9.59 Å². The Hall–Kier alpha value is -3.09. The van der Waals surface area contributed by atoms with Gasteiger partial charge in [0.1, 0.15) is 6.33 Å². The minimum Gasteiger partial charge on any atom is -0.347 e. The number of hydrogen-bond donors (Lipinski definition) is 1. The third-order valence-corrected chi connectivity index (χ3v) is 3.24.